The van der Waals surface area contributed by atoms with Crippen LogP contribution in [0, 0.1) is 0 Å². The number of nitrogens with one attached hydrogen (secondary N) is 1. The van der Waals surface area contributed by atoms with Crippen LogP contribution in [0.3, 0.4) is 0 Å². The van der Waals surface area contributed by atoms with Gasteiger partial charge in [-0.15, -0.1) is 6.58 Å². The highest BCUT2D eigenvalue weighted by atomic mass is 14.8. The Labute approximate surface area is 98.8 Å². The van der Waals surface area contributed by atoms with E-state index in [0.29, 0.717) is 0 Å². The Morgan fingerprint density at radius 1 is 1.25 bits per heavy atom. The Bertz CT molecular complexity index is 269. The van der Waals surface area contributed by atoms with Crippen LogP contribution in [-0.4, -0.2) is 18.1 Å². The molecular formula is C14H22N2. The summed E-state index contributed by atoms with van der Waals surface area (Å²) < 4.78 is 0. The molecule has 88 valence electrons. The summed E-state index contributed by atoms with van der Waals surface area (Å²) in [5.41, 5.74) is 1.31. The number of allylic oxidation sites excluding steroid dienone is 1. The molecule has 1 rings (SSSR count). The van der Waals surface area contributed by atoms with Gasteiger partial charge in [-0.3, -0.25) is 4.98 Å². The molecule has 0 aliphatic rings. The van der Waals surface area contributed by atoms with Crippen molar-refractivity contribution < 1.29 is 0 Å². The molecule has 16 heavy (non-hydrogen) atoms. The second kappa shape index (κ2) is 9.10. The minimum absolute atomic E-state index is 1.05. The van der Waals surface area contributed by atoms with Crippen LogP contribution in [0.4, 0.5) is 0 Å². The summed E-state index contributed by atoms with van der Waals surface area (Å²) in [6.07, 6.45) is 11.8. The minimum atomic E-state index is 1.05. The monoisotopic (exact) mass is 218 g/mol. The van der Waals surface area contributed by atoms with E-state index < -0.39 is 0 Å². The average molecular weight is 218 g/mol. The van der Waals surface area contributed by atoms with Gasteiger partial charge >= 0.3 is 0 Å². The van der Waals surface area contributed by atoms with Gasteiger partial charge < -0.3 is 5.32 Å². The normalized spacial score (nSPS) is 10.2. The fraction of sp³-hybridized carbons (Fsp3) is 0.500. The van der Waals surface area contributed by atoms with Gasteiger partial charge in [0.1, 0.15) is 0 Å². The lowest BCUT2D eigenvalue weighted by Crippen LogP contribution is -2.18. The summed E-state index contributed by atoms with van der Waals surface area (Å²) >= 11 is 0. The van der Waals surface area contributed by atoms with Crippen molar-refractivity contribution in [2.45, 2.75) is 32.1 Å². The Balaban J connectivity index is 1.90. The molecule has 0 bridgehead atoms. The van der Waals surface area contributed by atoms with E-state index in [1.165, 1.54) is 24.8 Å². The van der Waals surface area contributed by atoms with Crippen LogP contribution in [0.15, 0.2) is 37.2 Å². The van der Waals surface area contributed by atoms with E-state index in [1.807, 2.05) is 24.5 Å². The van der Waals surface area contributed by atoms with Crippen LogP contribution in [0.1, 0.15) is 31.2 Å². The first-order valence-corrected chi connectivity index (χ1v) is 6.14. The van der Waals surface area contributed by atoms with Crippen LogP contribution in [0.5, 0.6) is 0 Å². The van der Waals surface area contributed by atoms with E-state index in [2.05, 4.69) is 22.9 Å². The van der Waals surface area contributed by atoms with E-state index in [-0.39, 0.29) is 0 Å². The first kappa shape index (κ1) is 12.9. The molecule has 0 aromatic carbocycles. The summed E-state index contributed by atoms with van der Waals surface area (Å²) in [5.74, 6) is 0. The molecule has 0 saturated heterocycles. The van der Waals surface area contributed by atoms with Gasteiger partial charge in [-0.2, -0.15) is 0 Å². The number of rotatable bonds is 9. The topological polar surface area (TPSA) is 24.9 Å². The lowest BCUT2D eigenvalue weighted by molar-refractivity contribution is 0.606. The van der Waals surface area contributed by atoms with E-state index in [0.717, 1.165) is 25.9 Å². The highest BCUT2D eigenvalue weighted by molar-refractivity contribution is 5.08. The van der Waals surface area contributed by atoms with E-state index in [9.17, 15) is 0 Å². The van der Waals surface area contributed by atoms with Crippen molar-refractivity contribution in [2.24, 2.45) is 0 Å². The maximum absolute atomic E-state index is 4.10. The lowest BCUT2D eigenvalue weighted by atomic mass is 10.2. The second-order valence-electron chi connectivity index (χ2n) is 4.00. The Morgan fingerprint density at radius 3 is 2.94 bits per heavy atom. The largest absolute Gasteiger partial charge is 0.316 e. The molecule has 0 fully saturated rings. The molecule has 0 unspecified atom stereocenters. The van der Waals surface area contributed by atoms with Gasteiger partial charge in [0.05, 0.1) is 0 Å². The number of unbranched alkanes of at least 4 members (excludes halogenated alkanes) is 3. The van der Waals surface area contributed by atoms with Crippen molar-refractivity contribution in [3.05, 3.63) is 42.7 Å². The molecule has 0 atom stereocenters. The molecule has 1 aromatic heterocycles. The Kier molecular flexibility index (Phi) is 7.35. The fourth-order valence-corrected chi connectivity index (χ4v) is 1.62. The zero-order valence-electron chi connectivity index (χ0n) is 9.99. The molecule has 0 aliphatic carbocycles. The average Bonchev–Trinajstić information content (AvgIpc) is 2.34. The summed E-state index contributed by atoms with van der Waals surface area (Å²) in [7, 11) is 0. The van der Waals surface area contributed by atoms with Gasteiger partial charge in [-0.25, -0.2) is 0 Å². The maximum atomic E-state index is 4.10. The fourth-order valence-electron chi connectivity index (χ4n) is 1.62. The molecular weight excluding hydrogens is 196 g/mol. The highest BCUT2D eigenvalue weighted by Gasteiger charge is 1.92. The van der Waals surface area contributed by atoms with E-state index in [1.54, 1.807) is 0 Å². The molecule has 1 aromatic rings. The molecule has 1 heterocycles. The quantitative estimate of drug-likeness (QED) is 0.509. The smallest absolute Gasteiger partial charge is 0.0300 e. The maximum Gasteiger partial charge on any atom is 0.0300 e. The first-order valence-electron chi connectivity index (χ1n) is 6.14. The second-order valence-corrected chi connectivity index (χ2v) is 4.00. The van der Waals surface area contributed by atoms with Crippen LogP contribution in [0.25, 0.3) is 0 Å². The molecule has 0 spiro atoms. The van der Waals surface area contributed by atoms with Crippen molar-refractivity contribution >= 4 is 0 Å². The summed E-state index contributed by atoms with van der Waals surface area (Å²) in [4.78, 5) is 4.10. The van der Waals surface area contributed by atoms with E-state index >= 15 is 0 Å². The Morgan fingerprint density at radius 2 is 2.19 bits per heavy atom. The van der Waals surface area contributed by atoms with Crippen molar-refractivity contribution in [2.75, 3.05) is 13.1 Å². The third-order valence-electron chi connectivity index (χ3n) is 2.58. The standard InChI is InChI=1S/C14H22N2/c1-2-3-4-5-6-10-15-12-9-14-8-7-11-16-13-14/h2,7-8,11,13,15H,1,3-6,9-10,12H2. The zero-order chi connectivity index (χ0) is 11.5. The van der Waals surface area contributed by atoms with Gasteiger partial charge in [0.15, 0.2) is 0 Å². The van der Waals surface area contributed by atoms with Crippen LogP contribution < -0.4 is 5.32 Å². The van der Waals surface area contributed by atoms with Crippen molar-refractivity contribution in [1.29, 1.82) is 0 Å². The summed E-state index contributed by atoms with van der Waals surface area (Å²) in [6, 6.07) is 4.11. The lowest BCUT2D eigenvalue weighted by Gasteiger charge is -2.04. The molecule has 0 radical (unpaired) electrons. The minimum Gasteiger partial charge on any atom is -0.316 e. The third kappa shape index (κ3) is 6.36. The number of hydrogen-bond donors (Lipinski definition) is 1. The number of aromatic nitrogens is 1. The highest BCUT2D eigenvalue weighted by Crippen LogP contribution is 1.99. The molecule has 0 amide bonds. The van der Waals surface area contributed by atoms with Crippen LogP contribution in [-0.2, 0) is 6.42 Å². The van der Waals surface area contributed by atoms with Crippen LogP contribution >= 0.6 is 0 Å². The van der Waals surface area contributed by atoms with Gasteiger partial charge in [-0.05, 0) is 50.4 Å². The third-order valence-corrected chi connectivity index (χ3v) is 2.58. The zero-order valence-corrected chi connectivity index (χ0v) is 9.99. The van der Waals surface area contributed by atoms with Crippen molar-refractivity contribution in [3.63, 3.8) is 0 Å². The van der Waals surface area contributed by atoms with Crippen molar-refractivity contribution in [1.82, 2.24) is 10.3 Å². The summed E-state index contributed by atoms with van der Waals surface area (Å²) in [6.45, 7) is 5.89. The molecule has 2 heteroatoms. The Hall–Kier alpha value is -1.15. The molecule has 1 N–H and O–H groups in total. The van der Waals surface area contributed by atoms with E-state index in [4.69, 9.17) is 0 Å². The number of nitrogens with zero attached hydrogens (tertiary/aromatic N) is 1. The van der Waals surface area contributed by atoms with Gasteiger partial charge in [0.2, 0.25) is 0 Å². The van der Waals surface area contributed by atoms with Crippen LogP contribution in [0.2, 0.25) is 0 Å². The predicted octanol–water partition coefficient (Wildman–Crippen LogP) is 2.96. The molecule has 2 nitrogen and oxygen atoms in total. The summed E-state index contributed by atoms with van der Waals surface area (Å²) in [5, 5.41) is 3.46. The van der Waals surface area contributed by atoms with Gasteiger partial charge in [0, 0.05) is 12.4 Å². The number of pyridine rings is 1. The molecule has 0 saturated carbocycles. The van der Waals surface area contributed by atoms with Gasteiger partial charge in [0.25, 0.3) is 0 Å². The first-order chi connectivity index (χ1) is 7.93. The van der Waals surface area contributed by atoms with Crippen molar-refractivity contribution in [3.8, 4) is 0 Å². The molecule has 0 aliphatic heterocycles. The van der Waals surface area contributed by atoms with Gasteiger partial charge in [-0.1, -0.05) is 18.6 Å². The SMILES string of the molecule is C=CCCCCCNCCc1cccnc1. The predicted molar refractivity (Wildman–Crippen MR) is 69.5 cm³/mol. The number of hydrogen-bond acceptors (Lipinski definition) is 2.